The monoisotopic (exact) mass is 380 g/mol. The van der Waals surface area contributed by atoms with E-state index in [1.54, 1.807) is 27.0 Å². The maximum atomic E-state index is 12.9. The lowest BCUT2D eigenvalue weighted by Crippen LogP contribution is -2.45. The van der Waals surface area contributed by atoms with Crippen LogP contribution in [0.3, 0.4) is 0 Å². The van der Waals surface area contributed by atoms with Crippen LogP contribution in [0.2, 0.25) is 0 Å². The van der Waals surface area contributed by atoms with Gasteiger partial charge in [-0.2, -0.15) is 10.1 Å². The number of rotatable bonds is 4. The second-order valence-electron chi connectivity index (χ2n) is 7.56. The van der Waals surface area contributed by atoms with E-state index in [0.717, 1.165) is 16.1 Å². The van der Waals surface area contributed by atoms with Gasteiger partial charge in [-0.3, -0.25) is 0 Å². The van der Waals surface area contributed by atoms with Gasteiger partial charge in [-0.15, -0.1) is 0 Å². The highest BCUT2D eigenvalue weighted by molar-refractivity contribution is 5.91. The summed E-state index contributed by atoms with van der Waals surface area (Å²) >= 11 is 0. The van der Waals surface area contributed by atoms with Crippen molar-refractivity contribution in [3.63, 3.8) is 0 Å². The maximum absolute atomic E-state index is 12.9. The molecule has 6 nitrogen and oxygen atoms in total. The first-order valence-corrected chi connectivity index (χ1v) is 9.17. The standard InChI is InChI=1S/C22H24N2O4/c1-22(2,3)28-20(25)19-18(17-12-8-5-9-13-17)14-23-24(19)21(26)27-15-16-10-6-4-7-11-16/h4-14,18-19H,15H2,1-3H3/t18-,19+/m1/s1. The van der Waals surface area contributed by atoms with Gasteiger partial charge in [0.25, 0.3) is 0 Å². The Morgan fingerprint density at radius 3 is 2.21 bits per heavy atom. The van der Waals surface area contributed by atoms with E-state index in [1.165, 1.54) is 0 Å². The zero-order chi connectivity index (χ0) is 20.1. The van der Waals surface area contributed by atoms with Gasteiger partial charge >= 0.3 is 12.1 Å². The van der Waals surface area contributed by atoms with Crippen LogP contribution in [0, 0.1) is 0 Å². The Labute approximate surface area is 164 Å². The molecule has 2 aromatic carbocycles. The number of carbonyl (C=O) groups is 2. The number of carbonyl (C=O) groups excluding carboxylic acids is 2. The van der Waals surface area contributed by atoms with E-state index in [9.17, 15) is 9.59 Å². The molecule has 1 aliphatic heterocycles. The highest BCUT2D eigenvalue weighted by Gasteiger charge is 2.44. The lowest BCUT2D eigenvalue weighted by Gasteiger charge is -2.28. The van der Waals surface area contributed by atoms with Crippen LogP contribution in [-0.4, -0.2) is 34.9 Å². The summed E-state index contributed by atoms with van der Waals surface area (Å²) in [6.45, 7) is 5.46. The molecule has 6 heteroatoms. The van der Waals surface area contributed by atoms with Crippen molar-refractivity contribution in [2.75, 3.05) is 0 Å². The van der Waals surface area contributed by atoms with Crippen LogP contribution in [0.25, 0.3) is 0 Å². The number of hydrogen-bond acceptors (Lipinski definition) is 5. The molecule has 0 aromatic heterocycles. The molecule has 0 aliphatic carbocycles. The molecule has 0 saturated heterocycles. The maximum Gasteiger partial charge on any atom is 0.431 e. The molecule has 0 bridgehead atoms. The third kappa shape index (κ3) is 4.76. The molecular weight excluding hydrogens is 356 g/mol. The van der Waals surface area contributed by atoms with Crippen LogP contribution in [-0.2, 0) is 20.9 Å². The highest BCUT2D eigenvalue weighted by Crippen LogP contribution is 2.30. The summed E-state index contributed by atoms with van der Waals surface area (Å²) < 4.78 is 10.9. The molecule has 0 N–H and O–H groups in total. The van der Waals surface area contributed by atoms with Crippen molar-refractivity contribution >= 4 is 18.3 Å². The second-order valence-corrected chi connectivity index (χ2v) is 7.56. The minimum atomic E-state index is -0.912. The van der Waals surface area contributed by atoms with Gasteiger partial charge in [-0.05, 0) is 31.9 Å². The van der Waals surface area contributed by atoms with Gasteiger partial charge < -0.3 is 9.47 Å². The first-order valence-electron chi connectivity index (χ1n) is 9.17. The molecule has 1 aliphatic rings. The van der Waals surface area contributed by atoms with Crippen LogP contribution in [0.1, 0.15) is 37.8 Å². The summed E-state index contributed by atoms with van der Waals surface area (Å²) in [7, 11) is 0. The van der Waals surface area contributed by atoms with E-state index < -0.39 is 29.6 Å². The zero-order valence-corrected chi connectivity index (χ0v) is 16.2. The Balaban J connectivity index is 1.79. The lowest BCUT2D eigenvalue weighted by atomic mass is 9.93. The molecule has 3 rings (SSSR count). The third-order valence-electron chi connectivity index (χ3n) is 4.18. The molecule has 28 heavy (non-hydrogen) atoms. The minimum absolute atomic E-state index is 0.0999. The third-order valence-corrected chi connectivity index (χ3v) is 4.18. The number of amides is 1. The predicted octanol–water partition coefficient (Wildman–Crippen LogP) is 4.12. The molecule has 2 atom stereocenters. The summed E-state index contributed by atoms with van der Waals surface area (Å²) in [5, 5.41) is 5.25. The van der Waals surface area contributed by atoms with Crippen molar-refractivity contribution in [3.8, 4) is 0 Å². The number of ether oxygens (including phenoxy) is 2. The summed E-state index contributed by atoms with van der Waals surface area (Å²) in [6.07, 6.45) is 0.905. The Kier molecular flexibility index (Phi) is 5.78. The first kappa shape index (κ1) is 19.6. The van der Waals surface area contributed by atoms with E-state index in [4.69, 9.17) is 9.47 Å². The smallest absolute Gasteiger partial charge is 0.431 e. The average molecular weight is 380 g/mol. The van der Waals surface area contributed by atoms with Crippen molar-refractivity contribution in [3.05, 3.63) is 71.8 Å². The van der Waals surface area contributed by atoms with Gasteiger partial charge in [-0.1, -0.05) is 60.7 Å². The van der Waals surface area contributed by atoms with Crippen molar-refractivity contribution in [1.82, 2.24) is 5.01 Å². The van der Waals surface area contributed by atoms with Crippen LogP contribution in [0.4, 0.5) is 4.79 Å². The quantitative estimate of drug-likeness (QED) is 0.749. The molecule has 0 spiro atoms. The molecular formula is C22H24N2O4. The zero-order valence-electron chi connectivity index (χ0n) is 16.2. The van der Waals surface area contributed by atoms with Crippen molar-refractivity contribution in [1.29, 1.82) is 0 Å². The number of benzene rings is 2. The van der Waals surface area contributed by atoms with Gasteiger partial charge in [0.05, 0.1) is 5.92 Å². The SMILES string of the molecule is CC(C)(C)OC(=O)[C@@H]1[C@@H](c2ccccc2)C=NN1C(=O)OCc1ccccc1. The fourth-order valence-corrected chi connectivity index (χ4v) is 2.95. The largest absolute Gasteiger partial charge is 0.458 e. The minimum Gasteiger partial charge on any atom is -0.458 e. The average Bonchev–Trinajstić information content (AvgIpc) is 3.12. The van der Waals surface area contributed by atoms with Crippen molar-refractivity contribution in [2.45, 2.75) is 44.9 Å². The van der Waals surface area contributed by atoms with Gasteiger partial charge in [0.15, 0.2) is 6.04 Å². The van der Waals surface area contributed by atoms with E-state index in [2.05, 4.69) is 5.10 Å². The summed E-state index contributed by atoms with van der Waals surface area (Å²) in [5.41, 5.74) is 1.05. The van der Waals surface area contributed by atoms with Gasteiger partial charge in [0, 0.05) is 6.21 Å². The van der Waals surface area contributed by atoms with Gasteiger partial charge in [-0.25, -0.2) is 9.59 Å². The van der Waals surface area contributed by atoms with Crippen LogP contribution < -0.4 is 0 Å². The lowest BCUT2D eigenvalue weighted by molar-refractivity contribution is -0.160. The second kappa shape index (κ2) is 8.25. The molecule has 146 valence electrons. The van der Waals surface area contributed by atoms with Gasteiger partial charge in [0.2, 0.25) is 0 Å². The van der Waals surface area contributed by atoms with E-state index in [1.807, 2.05) is 60.7 Å². The summed E-state index contributed by atoms with van der Waals surface area (Å²) in [4.78, 5) is 25.5. The number of nitrogens with zero attached hydrogens (tertiary/aromatic N) is 2. The Bertz CT molecular complexity index is 844. The molecule has 2 aromatic rings. The Morgan fingerprint density at radius 2 is 1.61 bits per heavy atom. The Morgan fingerprint density at radius 1 is 1.00 bits per heavy atom. The number of hydrazone groups is 1. The van der Waals surface area contributed by atoms with Crippen molar-refractivity contribution < 1.29 is 19.1 Å². The number of esters is 1. The first-order chi connectivity index (χ1) is 13.3. The molecule has 1 heterocycles. The fraction of sp³-hybridized carbons (Fsp3) is 0.318. The molecule has 0 saturated carbocycles. The van der Waals surface area contributed by atoms with Crippen molar-refractivity contribution in [2.24, 2.45) is 5.10 Å². The number of hydrogen-bond donors (Lipinski definition) is 0. The van der Waals surface area contributed by atoms with Gasteiger partial charge in [0.1, 0.15) is 12.2 Å². The van der Waals surface area contributed by atoms with Crippen LogP contribution >= 0.6 is 0 Å². The normalized spacial score (nSPS) is 18.8. The summed E-state index contributed by atoms with van der Waals surface area (Å²) in [6, 6.07) is 17.9. The molecule has 0 radical (unpaired) electrons. The highest BCUT2D eigenvalue weighted by atomic mass is 16.6. The van der Waals surface area contributed by atoms with Crippen LogP contribution in [0.5, 0.6) is 0 Å². The summed E-state index contributed by atoms with van der Waals surface area (Å²) in [5.74, 6) is -0.921. The van der Waals surface area contributed by atoms with E-state index in [0.29, 0.717) is 0 Å². The molecule has 0 unspecified atom stereocenters. The molecule has 1 amide bonds. The topological polar surface area (TPSA) is 68.2 Å². The van der Waals surface area contributed by atoms with E-state index in [-0.39, 0.29) is 6.61 Å². The van der Waals surface area contributed by atoms with Crippen LogP contribution in [0.15, 0.2) is 65.8 Å². The predicted molar refractivity (Wildman–Crippen MR) is 106 cm³/mol. The fourth-order valence-electron chi connectivity index (χ4n) is 2.95. The van der Waals surface area contributed by atoms with E-state index >= 15 is 0 Å². The Hall–Kier alpha value is -3.15. The molecule has 0 fully saturated rings.